The quantitative estimate of drug-likeness (QED) is 0.0742. The maximum absolute atomic E-state index is 12.2. The zero-order valence-corrected chi connectivity index (χ0v) is 37.8. The lowest BCUT2D eigenvalue weighted by Gasteiger charge is -2.28. The van der Waals surface area contributed by atoms with Gasteiger partial charge in [0.1, 0.15) is 17.4 Å². The van der Waals surface area contributed by atoms with Gasteiger partial charge in [-0.15, -0.1) is 0 Å². The molecule has 8 heterocycles. The highest BCUT2D eigenvalue weighted by atomic mass is 28.3. The first-order valence-electron chi connectivity index (χ1n) is 22.0. The minimum absolute atomic E-state index is 0.00806. The lowest BCUT2D eigenvalue weighted by molar-refractivity contribution is 0.0223. The van der Waals surface area contributed by atoms with Crippen molar-refractivity contribution < 1.29 is 18.9 Å². The summed E-state index contributed by atoms with van der Waals surface area (Å²) in [7, 11) is -1.12. The summed E-state index contributed by atoms with van der Waals surface area (Å²) in [5.41, 5.74) is 12.3. The van der Waals surface area contributed by atoms with Gasteiger partial charge in [0.05, 0.1) is 50.9 Å². The predicted octanol–water partition coefficient (Wildman–Crippen LogP) is 7.65. The summed E-state index contributed by atoms with van der Waals surface area (Å²) in [6, 6.07) is 25.5. The number of fused-ring (bicyclic) bond motifs is 2. The van der Waals surface area contributed by atoms with Crippen LogP contribution in [0.2, 0.25) is 25.7 Å². The number of hydrogen-bond acceptors (Lipinski definition) is 12. The van der Waals surface area contributed by atoms with Crippen LogP contribution in [-0.4, -0.2) is 105 Å². The fourth-order valence-electron chi connectivity index (χ4n) is 8.17. The molecule has 328 valence electrons. The molecule has 0 saturated carbocycles. The highest BCUT2D eigenvalue weighted by molar-refractivity contribution is 6.76. The van der Waals surface area contributed by atoms with Crippen LogP contribution >= 0.6 is 0 Å². The van der Waals surface area contributed by atoms with Gasteiger partial charge in [0, 0.05) is 117 Å². The van der Waals surface area contributed by atoms with E-state index in [-0.39, 0.29) is 12.2 Å². The van der Waals surface area contributed by atoms with Gasteiger partial charge in [-0.3, -0.25) is 19.8 Å². The number of ether oxygens (including phenoxy) is 4. The highest BCUT2D eigenvalue weighted by Gasteiger charge is 2.23. The van der Waals surface area contributed by atoms with Gasteiger partial charge in [-0.25, -0.2) is 9.97 Å². The third kappa shape index (κ3) is 10.1. The summed E-state index contributed by atoms with van der Waals surface area (Å²) < 4.78 is 22.7. The van der Waals surface area contributed by atoms with E-state index in [1.54, 1.807) is 24.7 Å². The minimum atomic E-state index is -1.12. The average molecular weight is 875 g/mol. The van der Waals surface area contributed by atoms with Crippen molar-refractivity contribution in [3.05, 3.63) is 154 Å². The Morgan fingerprint density at radius 3 is 1.80 bits per heavy atom. The van der Waals surface area contributed by atoms with Crippen LogP contribution in [0.1, 0.15) is 33.4 Å². The number of anilines is 2. The summed E-state index contributed by atoms with van der Waals surface area (Å²) >= 11 is 0. The highest BCUT2D eigenvalue weighted by Crippen LogP contribution is 2.34. The molecule has 0 aliphatic carbocycles. The van der Waals surface area contributed by atoms with Crippen LogP contribution in [0.4, 0.5) is 11.6 Å². The second-order valence-corrected chi connectivity index (χ2v) is 23.0. The molecule has 4 aromatic heterocycles. The molecule has 2 saturated heterocycles. The maximum Gasteiger partial charge on any atom is 0.189 e. The van der Waals surface area contributed by atoms with Crippen LogP contribution < -0.4 is 20.0 Å². The van der Waals surface area contributed by atoms with Crippen LogP contribution in [0.3, 0.4) is 0 Å². The molecule has 0 amide bonds. The van der Waals surface area contributed by atoms with Crippen molar-refractivity contribution in [1.82, 2.24) is 19.9 Å². The van der Waals surface area contributed by atoms with Gasteiger partial charge in [0.2, 0.25) is 0 Å². The number of nitrogens with zero attached hydrogens (tertiary/aromatic N) is 7. The van der Waals surface area contributed by atoms with E-state index in [9.17, 15) is 4.79 Å². The van der Waals surface area contributed by atoms with Gasteiger partial charge in [-0.1, -0.05) is 43.9 Å². The second kappa shape index (κ2) is 19.6. The molecule has 4 aliphatic rings. The lowest BCUT2D eigenvalue weighted by Crippen LogP contribution is -2.36. The fourth-order valence-corrected chi connectivity index (χ4v) is 8.92. The number of nitrogens with one attached hydrogen (secondary N) is 1. The molecular formula is C50H54N8O5Si. The first-order valence-corrected chi connectivity index (χ1v) is 25.7. The normalized spacial score (nSPS) is 15.7. The van der Waals surface area contributed by atoms with Crippen molar-refractivity contribution in [3.8, 4) is 28.0 Å². The molecule has 64 heavy (non-hydrogen) atoms. The van der Waals surface area contributed by atoms with Crippen molar-refractivity contribution in [2.24, 2.45) is 9.98 Å². The number of aliphatic imine (C=N–C) groups is 2. The van der Waals surface area contributed by atoms with Crippen molar-refractivity contribution >= 4 is 31.1 Å². The van der Waals surface area contributed by atoms with Crippen LogP contribution in [0.5, 0.6) is 5.75 Å². The third-order valence-electron chi connectivity index (χ3n) is 11.8. The van der Waals surface area contributed by atoms with E-state index < -0.39 is 8.07 Å². The summed E-state index contributed by atoms with van der Waals surface area (Å²) in [5.74, 6) is 2.70. The van der Waals surface area contributed by atoms with Crippen molar-refractivity contribution in [2.45, 2.75) is 38.8 Å². The van der Waals surface area contributed by atoms with E-state index >= 15 is 0 Å². The first kappa shape index (κ1) is 43.0. The van der Waals surface area contributed by atoms with E-state index in [2.05, 4.69) is 91.8 Å². The van der Waals surface area contributed by atoms with E-state index in [4.69, 9.17) is 28.9 Å². The SMILES string of the molecule is C[Si](C)(C)CCOCOc1ccncc1-c1ccc2c(c1)C(c1ccnc(N3CCOCC3)c1)=NC2.O=c1cc[nH]cc1-c1ccc2c(c1)C(c1ccnc(N3CCOCC3)c1)=NC2. The van der Waals surface area contributed by atoms with Crippen LogP contribution in [0.25, 0.3) is 22.3 Å². The lowest BCUT2D eigenvalue weighted by atomic mass is 9.96. The van der Waals surface area contributed by atoms with Crippen LogP contribution in [0.15, 0.2) is 125 Å². The van der Waals surface area contributed by atoms with Gasteiger partial charge >= 0.3 is 0 Å². The Labute approximate surface area is 374 Å². The molecule has 6 aromatic rings. The van der Waals surface area contributed by atoms with Gasteiger partial charge in [0.15, 0.2) is 12.2 Å². The van der Waals surface area contributed by atoms with Crippen molar-refractivity contribution in [1.29, 1.82) is 0 Å². The number of aromatic nitrogens is 4. The predicted molar refractivity (Wildman–Crippen MR) is 255 cm³/mol. The van der Waals surface area contributed by atoms with Gasteiger partial charge < -0.3 is 33.7 Å². The Kier molecular flexibility index (Phi) is 13.2. The molecular weight excluding hydrogens is 821 g/mol. The molecule has 0 spiro atoms. The Morgan fingerprint density at radius 1 is 0.656 bits per heavy atom. The molecule has 10 rings (SSSR count). The zero-order chi connectivity index (χ0) is 43.9. The third-order valence-corrected chi connectivity index (χ3v) is 13.5. The van der Waals surface area contributed by atoms with Gasteiger partial charge in [-0.05, 0) is 70.8 Å². The van der Waals surface area contributed by atoms with Gasteiger partial charge in [0.25, 0.3) is 0 Å². The number of hydrogen-bond donors (Lipinski definition) is 1. The minimum Gasteiger partial charge on any atom is -0.467 e. The number of aromatic amines is 1. The smallest absolute Gasteiger partial charge is 0.189 e. The van der Waals surface area contributed by atoms with Crippen molar-refractivity contribution in [3.63, 3.8) is 0 Å². The Hall–Kier alpha value is -6.32. The van der Waals surface area contributed by atoms with Crippen LogP contribution in [-0.2, 0) is 27.3 Å². The monoisotopic (exact) mass is 874 g/mol. The number of H-pyrrole nitrogens is 1. The standard InChI is InChI=1S/C28H34N4O3Si.C22H20N4O2/c1-36(2,3)15-14-34-20-35-26-7-8-29-19-25(26)21-4-5-23-18-31-28(24(23)16-21)22-6-9-30-27(17-22)32-10-12-33-13-11-32;27-20-4-5-23-14-19(20)15-1-2-17-13-25-22(18(17)11-15)16-3-6-24-21(12-16)26-7-9-28-10-8-26/h4-9,16-17,19H,10-15,18,20H2,1-3H3;1-6,11-12,14H,7-10,13H2,(H,23,27). The molecule has 2 aromatic carbocycles. The van der Waals surface area contributed by atoms with Gasteiger partial charge in [-0.2, -0.15) is 0 Å². The Bertz CT molecular complexity index is 2720. The summed E-state index contributed by atoms with van der Waals surface area (Å²) in [6.45, 7) is 15.7. The molecule has 1 N–H and O–H groups in total. The summed E-state index contributed by atoms with van der Waals surface area (Å²) in [6.07, 6.45) is 10.7. The number of pyridine rings is 4. The molecule has 4 aliphatic heterocycles. The number of benzene rings is 2. The fraction of sp³-hybridized carbons (Fsp3) is 0.320. The van der Waals surface area contributed by atoms with Crippen molar-refractivity contribution in [2.75, 3.05) is 75.8 Å². The molecule has 14 heteroatoms. The average Bonchev–Trinajstić information content (AvgIpc) is 3.97. The van der Waals surface area contributed by atoms with E-state index in [1.165, 1.54) is 11.1 Å². The Morgan fingerprint density at radius 2 is 1.23 bits per heavy atom. The largest absolute Gasteiger partial charge is 0.467 e. The van der Waals surface area contributed by atoms with E-state index in [0.717, 1.165) is 133 Å². The maximum atomic E-state index is 12.2. The molecule has 0 radical (unpaired) electrons. The Balaban J connectivity index is 0.000000167. The first-order chi connectivity index (χ1) is 31.3. The van der Waals surface area contributed by atoms with E-state index in [0.29, 0.717) is 18.7 Å². The van der Waals surface area contributed by atoms with E-state index in [1.807, 2.05) is 42.9 Å². The number of morpholine rings is 2. The van der Waals surface area contributed by atoms with Crippen LogP contribution in [0, 0.1) is 0 Å². The topological polar surface area (TPSA) is 140 Å². The summed E-state index contributed by atoms with van der Waals surface area (Å²) in [4.78, 5) is 42.9. The number of rotatable bonds is 12. The molecule has 0 unspecified atom stereocenters. The summed E-state index contributed by atoms with van der Waals surface area (Å²) in [5, 5.41) is 0. The molecule has 0 atom stereocenters. The zero-order valence-electron chi connectivity index (χ0n) is 36.8. The molecule has 13 nitrogen and oxygen atoms in total. The molecule has 0 bridgehead atoms. The molecule has 2 fully saturated rings. The second-order valence-electron chi connectivity index (χ2n) is 17.4.